The van der Waals surface area contributed by atoms with E-state index in [2.05, 4.69) is 29.0 Å². The smallest absolute Gasteiger partial charge is 0.124 e. The third-order valence-electron chi connectivity index (χ3n) is 4.23. The van der Waals surface area contributed by atoms with Crippen LogP contribution in [-0.2, 0) is 6.42 Å². The Hall–Kier alpha value is -1.36. The summed E-state index contributed by atoms with van der Waals surface area (Å²) in [4.78, 5) is 1.51. The lowest BCUT2D eigenvalue weighted by molar-refractivity contribution is 0.323. The number of thiophene rings is 1. The van der Waals surface area contributed by atoms with Crippen molar-refractivity contribution in [1.29, 1.82) is 0 Å². The Morgan fingerprint density at radius 1 is 1.38 bits per heavy atom. The molecular weight excluding hydrogens is 280 g/mol. The zero-order valence-corrected chi connectivity index (χ0v) is 13.2. The van der Waals surface area contributed by atoms with Gasteiger partial charge in [-0.1, -0.05) is 18.2 Å². The van der Waals surface area contributed by atoms with Gasteiger partial charge in [0.2, 0.25) is 0 Å². The molecule has 2 aromatic rings. The van der Waals surface area contributed by atoms with Gasteiger partial charge in [-0.05, 0) is 49.3 Å². The van der Waals surface area contributed by atoms with Gasteiger partial charge in [-0.15, -0.1) is 11.3 Å². The van der Waals surface area contributed by atoms with Gasteiger partial charge in [0.05, 0.1) is 12.6 Å². The second kappa shape index (κ2) is 6.60. The molecule has 1 aliphatic rings. The first-order chi connectivity index (χ1) is 10.3. The highest BCUT2D eigenvalue weighted by atomic mass is 32.1. The molecule has 1 aliphatic carbocycles. The van der Waals surface area contributed by atoms with E-state index in [9.17, 15) is 0 Å². The van der Waals surface area contributed by atoms with Gasteiger partial charge in [0.25, 0.3) is 0 Å². The predicted octanol–water partition coefficient (Wildman–Crippen LogP) is 3.77. The molecule has 112 valence electrons. The number of aryl methyl sites for hydroxylation is 1. The van der Waals surface area contributed by atoms with E-state index in [1.54, 1.807) is 0 Å². The van der Waals surface area contributed by atoms with Crippen LogP contribution in [0.1, 0.15) is 47.7 Å². The Morgan fingerprint density at radius 2 is 2.24 bits per heavy atom. The van der Waals surface area contributed by atoms with Gasteiger partial charge in [-0.25, -0.2) is 0 Å². The summed E-state index contributed by atoms with van der Waals surface area (Å²) < 4.78 is 5.79. The molecule has 1 aromatic heterocycles. The fourth-order valence-electron chi connectivity index (χ4n) is 3.32. The van der Waals surface area contributed by atoms with E-state index in [4.69, 9.17) is 10.6 Å². The Morgan fingerprint density at radius 3 is 3.05 bits per heavy atom. The van der Waals surface area contributed by atoms with Crippen molar-refractivity contribution in [3.63, 3.8) is 0 Å². The maximum atomic E-state index is 5.92. The molecule has 0 aliphatic heterocycles. The fourth-order valence-corrected chi connectivity index (χ4v) is 4.31. The van der Waals surface area contributed by atoms with E-state index >= 15 is 0 Å². The molecule has 21 heavy (non-hydrogen) atoms. The van der Waals surface area contributed by atoms with Gasteiger partial charge in [0, 0.05) is 16.4 Å². The number of hydrogen-bond donors (Lipinski definition) is 2. The van der Waals surface area contributed by atoms with E-state index < -0.39 is 0 Å². The zero-order chi connectivity index (χ0) is 14.7. The number of nitrogens with one attached hydrogen (secondary N) is 1. The van der Waals surface area contributed by atoms with Crippen molar-refractivity contribution in [2.45, 2.75) is 38.1 Å². The van der Waals surface area contributed by atoms with Gasteiger partial charge >= 0.3 is 0 Å². The second-order valence-electron chi connectivity index (χ2n) is 5.41. The zero-order valence-electron chi connectivity index (χ0n) is 12.3. The fraction of sp³-hybridized carbons (Fsp3) is 0.412. The molecule has 1 heterocycles. The summed E-state index contributed by atoms with van der Waals surface area (Å²) in [7, 11) is 0. The minimum Gasteiger partial charge on any atom is -0.494 e. The molecule has 1 aromatic carbocycles. The summed E-state index contributed by atoms with van der Waals surface area (Å²) in [6, 6.07) is 10.6. The Labute approximate surface area is 130 Å². The molecule has 0 spiro atoms. The van der Waals surface area contributed by atoms with Crippen LogP contribution in [0, 0.1) is 0 Å². The van der Waals surface area contributed by atoms with E-state index in [-0.39, 0.29) is 6.04 Å². The molecule has 3 nitrogen and oxygen atoms in total. The largest absolute Gasteiger partial charge is 0.494 e. The van der Waals surface area contributed by atoms with Gasteiger partial charge < -0.3 is 4.74 Å². The normalized spacial score (nSPS) is 19.0. The van der Waals surface area contributed by atoms with E-state index in [0.717, 1.165) is 11.3 Å². The lowest BCUT2D eigenvalue weighted by Gasteiger charge is -2.31. The van der Waals surface area contributed by atoms with E-state index in [1.807, 2.05) is 30.4 Å². The maximum Gasteiger partial charge on any atom is 0.124 e. The quantitative estimate of drug-likeness (QED) is 0.653. The maximum absolute atomic E-state index is 5.92. The molecule has 0 radical (unpaired) electrons. The molecule has 0 amide bonds. The van der Waals surface area contributed by atoms with Gasteiger partial charge in [-0.3, -0.25) is 11.3 Å². The summed E-state index contributed by atoms with van der Waals surface area (Å²) in [5, 5.41) is 2.20. The second-order valence-corrected chi connectivity index (χ2v) is 6.41. The summed E-state index contributed by atoms with van der Waals surface area (Å²) in [6.45, 7) is 2.68. The van der Waals surface area contributed by atoms with Crippen molar-refractivity contribution in [3.05, 3.63) is 51.7 Å². The summed E-state index contributed by atoms with van der Waals surface area (Å²) in [6.07, 6.45) is 3.60. The van der Waals surface area contributed by atoms with Gasteiger partial charge in [-0.2, -0.15) is 0 Å². The van der Waals surface area contributed by atoms with Crippen LogP contribution in [0.15, 0.2) is 35.7 Å². The SMILES string of the molecule is CCOc1ccccc1C(NN)C1CCCc2sccc21. The first-order valence-electron chi connectivity index (χ1n) is 7.59. The van der Waals surface area contributed by atoms with E-state index in [0.29, 0.717) is 12.5 Å². The minimum absolute atomic E-state index is 0.0985. The van der Waals surface area contributed by atoms with Crippen LogP contribution >= 0.6 is 11.3 Å². The van der Waals surface area contributed by atoms with Crippen molar-refractivity contribution < 1.29 is 4.74 Å². The lowest BCUT2D eigenvalue weighted by atomic mass is 9.80. The van der Waals surface area contributed by atoms with Crippen molar-refractivity contribution in [2.24, 2.45) is 5.84 Å². The Kier molecular flexibility index (Phi) is 4.58. The average molecular weight is 302 g/mol. The minimum atomic E-state index is 0.0985. The number of hydrazine groups is 1. The topological polar surface area (TPSA) is 47.3 Å². The molecule has 4 heteroatoms. The Balaban J connectivity index is 1.97. The monoisotopic (exact) mass is 302 g/mol. The number of rotatable bonds is 5. The average Bonchev–Trinajstić information content (AvgIpc) is 2.99. The van der Waals surface area contributed by atoms with Crippen molar-refractivity contribution in [1.82, 2.24) is 5.43 Å². The van der Waals surface area contributed by atoms with Crippen LogP contribution < -0.4 is 16.0 Å². The molecule has 3 rings (SSSR count). The van der Waals surface area contributed by atoms with Crippen LogP contribution in [0.2, 0.25) is 0 Å². The van der Waals surface area contributed by atoms with E-state index in [1.165, 1.54) is 29.7 Å². The molecular formula is C17H22N2OS. The van der Waals surface area contributed by atoms with Crippen molar-refractivity contribution in [2.75, 3.05) is 6.61 Å². The first kappa shape index (κ1) is 14.6. The highest BCUT2D eigenvalue weighted by Crippen LogP contribution is 2.43. The lowest BCUT2D eigenvalue weighted by Crippen LogP contribution is -2.34. The highest BCUT2D eigenvalue weighted by Gasteiger charge is 2.30. The first-order valence-corrected chi connectivity index (χ1v) is 8.47. The van der Waals surface area contributed by atoms with Crippen LogP contribution in [0.4, 0.5) is 0 Å². The molecule has 0 bridgehead atoms. The van der Waals surface area contributed by atoms with Crippen LogP contribution in [-0.4, -0.2) is 6.61 Å². The van der Waals surface area contributed by atoms with Crippen LogP contribution in [0.25, 0.3) is 0 Å². The third-order valence-corrected chi connectivity index (χ3v) is 5.23. The van der Waals surface area contributed by atoms with Crippen molar-refractivity contribution >= 4 is 11.3 Å². The summed E-state index contributed by atoms with van der Waals surface area (Å²) in [5.41, 5.74) is 5.66. The summed E-state index contributed by atoms with van der Waals surface area (Å²) in [5.74, 6) is 7.28. The molecule has 2 atom stereocenters. The number of benzene rings is 1. The van der Waals surface area contributed by atoms with Crippen LogP contribution in [0.3, 0.4) is 0 Å². The van der Waals surface area contributed by atoms with Crippen LogP contribution in [0.5, 0.6) is 5.75 Å². The molecule has 0 fully saturated rings. The molecule has 3 N–H and O–H groups in total. The number of hydrogen-bond acceptors (Lipinski definition) is 4. The number of nitrogens with two attached hydrogens (primary N) is 1. The number of fused-ring (bicyclic) bond motifs is 1. The number of ether oxygens (including phenoxy) is 1. The Bertz CT molecular complexity index is 596. The standard InChI is InChI=1S/C17H22N2OS/c1-2-20-15-8-4-3-6-14(15)17(19-18)13-7-5-9-16-12(13)10-11-21-16/h3-4,6,8,10-11,13,17,19H,2,5,7,9,18H2,1H3. The van der Waals surface area contributed by atoms with Gasteiger partial charge in [0.15, 0.2) is 0 Å². The molecule has 2 unspecified atom stereocenters. The summed E-state index contributed by atoms with van der Waals surface area (Å²) >= 11 is 1.87. The third kappa shape index (κ3) is 2.84. The van der Waals surface area contributed by atoms with Crippen molar-refractivity contribution in [3.8, 4) is 5.75 Å². The number of para-hydroxylation sites is 1. The predicted molar refractivity (Wildman–Crippen MR) is 87.7 cm³/mol. The molecule has 0 saturated heterocycles. The van der Waals surface area contributed by atoms with Gasteiger partial charge in [0.1, 0.15) is 5.75 Å². The highest BCUT2D eigenvalue weighted by molar-refractivity contribution is 7.10. The molecule has 0 saturated carbocycles.